The molecule has 0 amide bonds. The van der Waals surface area contributed by atoms with E-state index in [1.165, 1.54) is 0 Å². The molecule has 0 aliphatic rings. The van der Waals surface area contributed by atoms with Gasteiger partial charge in [-0.05, 0) is 37.1 Å². The van der Waals surface area contributed by atoms with Crippen molar-refractivity contribution in [3.05, 3.63) is 29.8 Å². The Bertz CT molecular complexity index is 360. The van der Waals surface area contributed by atoms with Crippen molar-refractivity contribution in [2.24, 2.45) is 5.73 Å². The van der Waals surface area contributed by atoms with Crippen LogP contribution in [0.25, 0.3) is 0 Å². The summed E-state index contributed by atoms with van der Waals surface area (Å²) in [5.74, 6) is -1.23. The Morgan fingerprint density at radius 3 is 2.35 bits per heavy atom. The number of rotatable bonds is 6. The van der Waals surface area contributed by atoms with E-state index in [0.717, 1.165) is 17.7 Å². The highest BCUT2D eigenvalue weighted by Crippen LogP contribution is 2.23. The second kappa shape index (κ2) is 6.25. The lowest BCUT2D eigenvalue weighted by molar-refractivity contribution is -0.139. The van der Waals surface area contributed by atoms with Gasteiger partial charge in [0.25, 0.3) is 0 Å². The van der Waals surface area contributed by atoms with E-state index in [0.29, 0.717) is 13.0 Å². The third-order valence-corrected chi connectivity index (χ3v) is 2.81. The fraction of sp³-hybridized carbons (Fsp3) is 0.462. The molecule has 0 heterocycles. The maximum Gasteiger partial charge on any atom is 0.310 e. The van der Waals surface area contributed by atoms with Gasteiger partial charge in [-0.2, -0.15) is 0 Å². The molecule has 0 bridgehead atoms. The van der Waals surface area contributed by atoms with Crippen LogP contribution < -0.4 is 10.6 Å². The molecule has 1 rings (SSSR count). The summed E-state index contributed by atoms with van der Waals surface area (Å²) in [5.41, 5.74) is 7.33. The highest BCUT2D eigenvalue weighted by atomic mass is 16.4. The minimum atomic E-state index is -0.781. The molecule has 94 valence electrons. The van der Waals surface area contributed by atoms with E-state index in [4.69, 9.17) is 5.73 Å². The summed E-state index contributed by atoms with van der Waals surface area (Å²) in [6.07, 6.45) is 1.32. The minimum Gasteiger partial charge on any atom is -0.481 e. The van der Waals surface area contributed by atoms with Crippen LogP contribution in [0.15, 0.2) is 24.3 Å². The van der Waals surface area contributed by atoms with E-state index in [1.54, 1.807) is 0 Å². The zero-order valence-corrected chi connectivity index (χ0v) is 10.4. The number of anilines is 1. The third-order valence-electron chi connectivity index (χ3n) is 2.81. The Morgan fingerprint density at radius 1 is 1.35 bits per heavy atom. The molecule has 4 nitrogen and oxygen atoms in total. The number of nitrogens with two attached hydrogens (primary N) is 1. The third kappa shape index (κ3) is 3.75. The molecule has 1 aromatic carbocycles. The molecular formula is C13H20N2O2. The van der Waals surface area contributed by atoms with E-state index in [2.05, 4.69) is 0 Å². The average Bonchev–Trinajstić information content (AvgIpc) is 2.29. The quantitative estimate of drug-likeness (QED) is 0.788. The molecule has 0 saturated carbocycles. The second-order valence-electron chi connectivity index (χ2n) is 4.31. The summed E-state index contributed by atoms with van der Waals surface area (Å²) in [5, 5.41) is 9.18. The van der Waals surface area contributed by atoms with Crippen molar-refractivity contribution in [3.63, 3.8) is 0 Å². The van der Waals surface area contributed by atoms with Crippen LogP contribution in [0.1, 0.15) is 24.3 Å². The van der Waals surface area contributed by atoms with Crippen molar-refractivity contribution >= 4 is 11.7 Å². The molecule has 0 fully saturated rings. The number of hydrogen-bond acceptors (Lipinski definition) is 3. The van der Waals surface area contributed by atoms with Gasteiger partial charge in [0.1, 0.15) is 0 Å². The molecule has 4 heteroatoms. The normalized spacial score (nSPS) is 12.2. The molecule has 1 unspecified atom stereocenters. The van der Waals surface area contributed by atoms with Gasteiger partial charge >= 0.3 is 5.97 Å². The zero-order chi connectivity index (χ0) is 12.8. The first-order chi connectivity index (χ1) is 8.06. The summed E-state index contributed by atoms with van der Waals surface area (Å²) in [7, 11) is 3.91. The fourth-order valence-corrected chi connectivity index (χ4v) is 1.76. The van der Waals surface area contributed by atoms with Gasteiger partial charge in [-0.1, -0.05) is 12.1 Å². The smallest absolute Gasteiger partial charge is 0.310 e. The predicted octanol–water partition coefficient (Wildman–Crippen LogP) is 1.66. The molecule has 17 heavy (non-hydrogen) atoms. The lowest BCUT2D eigenvalue weighted by atomic mass is 9.94. The van der Waals surface area contributed by atoms with Crippen LogP contribution in [0.5, 0.6) is 0 Å². The average molecular weight is 236 g/mol. The summed E-state index contributed by atoms with van der Waals surface area (Å²) >= 11 is 0. The van der Waals surface area contributed by atoms with Crippen molar-refractivity contribution in [1.82, 2.24) is 0 Å². The van der Waals surface area contributed by atoms with E-state index in [-0.39, 0.29) is 0 Å². The molecule has 1 atom stereocenters. The topological polar surface area (TPSA) is 66.6 Å². The Kier molecular flexibility index (Phi) is 4.97. The van der Waals surface area contributed by atoms with Crippen LogP contribution in [-0.4, -0.2) is 31.7 Å². The Balaban J connectivity index is 2.83. The van der Waals surface area contributed by atoms with Gasteiger partial charge in [0.15, 0.2) is 0 Å². The summed E-state index contributed by atoms with van der Waals surface area (Å²) in [4.78, 5) is 13.2. The van der Waals surface area contributed by atoms with Gasteiger partial charge in [0.2, 0.25) is 0 Å². The highest BCUT2D eigenvalue weighted by Gasteiger charge is 2.18. The van der Waals surface area contributed by atoms with Crippen LogP contribution in [0, 0.1) is 0 Å². The van der Waals surface area contributed by atoms with Gasteiger partial charge < -0.3 is 15.7 Å². The first-order valence-corrected chi connectivity index (χ1v) is 5.76. The van der Waals surface area contributed by atoms with E-state index < -0.39 is 11.9 Å². The number of benzene rings is 1. The number of hydrogen-bond donors (Lipinski definition) is 2. The summed E-state index contributed by atoms with van der Waals surface area (Å²) in [6, 6.07) is 7.64. The van der Waals surface area contributed by atoms with Crippen LogP contribution in [0.2, 0.25) is 0 Å². The molecule has 0 radical (unpaired) electrons. The first-order valence-electron chi connectivity index (χ1n) is 5.76. The first kappa shape index (κ1) is 13.5. The van der Waals surface area contributed by atoms with Crippen LogP contribution in [0.3, 0.4) is 0 Å². The van der Waals surface area contributed by atoms with Crippen LogP contribution >= 0.6 is 0 Å². The lowest BCUT2D eigenvalue weighted by Crippen LogP contribution is -2.14. The number of carboxylic acid groups (broad SMARTS) is 1. The van der Waals surface area contributed by atoms with Crippen molar-refractivity contribution < 1.29 is 9.90 Å². The van der Waals surface area contributed by atoms with Gasteiger partial charge in [0, 0.05) is 19.8 Å². The molecular weight excluding hydrogens is 216 g/mol. The summed E-state index contributed by atoms with van der Waals surface area (Å²) < 4.78 is 0. The SMILES string of the molecule is CN(C)c1ccc(C(CCCN)C(=O)O)cc1. The number of nitrogens with zero attached hydrogens (tertiary/aromatic N) is 1. The lowest BCUT2D eigenvalue weighted by Gasteiger charge is -2.15. The molecule has 1 aromatic rings. The number of carboxylic acids is 1. The molecule has 0 saturated heterocycles. The largest absolute Gasteiger partial charge is 0.481 e. The monoisotopic (exact) mass is 236 g/mol. The van der Waals surface area contributed by atoms with Crippen LogP contribution in [-0.2, 0) is 4.79 Å². The van der Waals surface area contributed by atoms with Crippen molar-refractivity contribution in [3.8, 4) is 0 Å². The number of carbonyl (C=O) groups is 1. The maximum atomic E-state index is 11.2. The van der Waals surface area contributed by atoms with Gasteiger partial charge in [-0.15, -0.1) is 0 Å². The highest BCUT2D eigenvalue weighted by molar-refractivity contribution is 5.76. The zero-order valence-electron chi connectivity index (χ0n) is 10.4. The fourth-order valence-electron chi connectivity index (χ4n) is 1.76. The van der Waals surface area contributed by atoms with Gasteiger partial charge in [-0.3, -0.25) is 4.79 Å². The van der Waals surface area contributed by atoms with Crippen LogP contribution in [0.4, 0.5) is 5.69 Å². The Morgan fingerprint density at radius 2 is 1.94 bits per heavy atom. The molecule has 0 spiro atoms. The second-order valence-corrected chi connectivity index (χ2v) is 4.31. The standard InChI is InChI=1S/C13H20N2O2/c1-15(2)11-7-5-10(6-8-11)12(13(16)17)4-3-9-14/h5-8,12H,3-4,9,14H2,1-2H3,(H,16,17). The predicted molar refractivity (Wildman–Crippen MR) is 69.4 cm³/mol. The van der Waals surface area contributed by atoms with Crippen molar-refractivity contribution in [2.75, 3.05) is 25.5 Å². The van der Waals surface area contributed by atoms with E-state index in [1.807, 2.05) is 43.3 Å². The minimum absolute atomic E-state index is 0.449. The molecule has 0 aliphatic carbocycles. The molecule has 3 N–H and O–H groups in total. The van der Waals surface area contributed by atoms with E-state index in [9.17, 15) is 9.90 Å². The van der Waals surface area contributed by atoms with E-state index >= 15 is 0 Å². The maximum absolute atomic E-state index is 11.2. The summed E-state index contributed by atoms with van der Waals surface area (Å²) in [6.45, 7) is 0.527. The van der Waals surface area contributed by atoms with Crippen molar-refractivity contribution in [1.29, 1.82) is 0 Å². The Hall–Kier alpha value is -1.55. The van der Waals surface area contributed by atoms with Gasteiger partial charge in [-0.25, -0.2) is 0 Å². The van der Waals surface area contributed by atoms with Gasteiger partial charge in [0.05, 0.1) is 5.92 Å². The van der Waals surface area contributed by atoms with Crippen molar-refractivity contribution in [2.45, 2.75) is 18.8 Å². The molecule has 0 aromatic heterocycles. The Labute approximate surface area is 102 Å². The number of aliphatic carboxylic acids is 1. The molecule has 0 aliphatic heterocycles.